The highest BCUT2D eigenvalue weighted by molar-refractivity contribution is 7.78. The number of aromatic nitrogens is 2. The number of thiophene rings is 1. The number of halogens is 1. The summed E-state index contributed by atoms with van der Waals surface area (Å²) in [6, 6.07) is 15.8. The third kappa shape index (κ3) is 6.77. The van der Waals surface area contributed by atoms with E-state index in [1.807, 2.05) is 56.4 Å². The Morgan fingerprint density at radius 1 is 1.06 bits per heavy atom. The summed E-state index contributed by atoms with van der Waals surface area (Å²) in [6.07, 6.45) is 4.33. The molecule has 4 aromatic rings. The fourth-order valence-electron chi connectivity index (χ4n) is 3.06. The average molecular weight is 488 g/mol. The molecule has 32 heavy (non-hydrogen) atoms. The number of fused-ring (bicyclic) bond motifs is 1. The highest BCUT2D eigenvalue weighted by atomic mass is 35.5. The van der Waals surface area contributed by atoms with E-state index >= 15 is 0 Å². The molecule has 0 saturated heterocycles. The van der Waals surface area contributed by atoms with Crippen LogP contribution < -0.4 is 4.72 Å². The smallest absolute Gasteiger partial charge is 0.0841 e. The summed E-state index contributed by atoms with van der Waals surface area (Å²) >= 11 is 11.6. The first kappa shape index (κ1) is 26.3. The minimum atomic E-state index is -0.908. The van der Waals surface area contributed by atoms with Crippen molar-refractivity contribution in [1.29, 1.82) is 0 Å². The van der Waals surface area contributed by atoms with Gasteiger partial charge in [0, 0.05) is 34.3 Å². The molecule has 0 amide bonds. The molecule has 0 aliphatic heterocycles. The molecule has 0 radical (unpaired) electrons. The van der Waals surface area contributed by atoms with Gasteiger partial charge in [0.25, 0.3) is 0 Å². The summed E-state index contributed by atoms with van der Waals surface area (Å²) in [6.45, 7) is 7.56. The van der Waals surface area contributed by atoms with E-state index in [1.165, 1.54) is 4.88 Å². The maximum Gasteiger partial charge on any atom is 0.0841 e. The summed E-state index contributed by atoms with van der Waals surface area (Å²) < 4.78 is 3.54. The first-order valence-corrected chi connectivity index (χ1v) is 12.1. The Balaban J connectivity index is 0.000000671. The maximum absolute atomic E-state index is 10.3. The van der Waals surface area contributed by atoms with Gasteiger partial charge in [-0.1, -0.05) is 56.5 Å². The van der Waals surface area contributed by atoms with Crippen LogP contribution in [0.2, 0.25) is 5.02 Å². The number of hydrogen-bond donors (Lipinski definition) is 3. The van der Waals surface area contributed by atoms with Gasteiger partial charge in [-0.2, -0.15) is 0 Å². The lowest BCUT2D eigenvalue weighted by atomic mass is 9.97. The molecule has 0 bridgehead atoms. The van der Waals surface area contributed by atoms with Crippen molar-refractivity contribution in [3.05, 3.63) is 82.0 Å². The number of hydrogen-bond acceptors (Lipinski definition) is 6. The van der Waals surface area contributed by atoms with Crippen molar-refractivity contribution in [3.8, 4) is 11.3 Å². The van der Waals surface area contributed by atoms with E-state index in [-0.39, 0.29) is 0 Å². The molecular weight excluding hydrogens is 458 g/mol. The van der Waals surface area contributed by atoms with Gasteiger partial charge in [0.1, 0.15) is 0 Å². The van der Waals surface area contributed by atoms with Crippen LogP contribution in [-0.2, 0) is 12.0 Å². The van der Waals surface area contributed by atoms with Crippen LogP contribution in [0.4, 0.5) is 0 Å². The molecule has 7 heteroatoms. The molecule has 0 aliphatic carbocycles. The van der Waals surface area contributed by atoms with Crippen LogP contribution in [0.25, 0.3) is 21.5 Å². The third-order valence-electron chi connectivity index (χ3n) is 4.53. The SMILES string of the molecule is CC.CC(C)(O)c1ccnc(-c2ccnc3cc(Cc4ccccc4Cl)sc23)c1.CNS. The zero-order valence-corrected chi connectivity index (χ0v) is 21.5. The second-order valence-electron chi connectivity index (χ2n) is 7.27. The monoisotopic (exact) mass is 487 g/mol. The molecule has 2 N–H and O–H groups in total. The molecule has 170 valence electrons. The van der Waals surface area contributed by atoms with E-state index in [9.17, 15) is 5.11 Å². The lowest BCUT2D eigenvalue weighted by molar-refractivity contribution is 0.0785. The molecule has 0 fully saturated rings. The molecule has 0 saturated carbocycles. The number of rotatable bonds is 4. The van der Waals surface area contributed by atoms with E-state index in [0.29, 0.717) is 0 Å². The van der Waals surface area contributed by atoms with E-state index in [2.05, 4.69) is 39.6 Å². The van der Waals surface area contributed by atoms with Crippen molar-refractivity contribution in [3.63, 3.8) is 0 Å². The lowest BCUT2D eigenvalue weighted by Crippen LogP contribution is -2.15. The second-order valence-corrected chi connectivity index (χ2v) is 9.26. The summed E-state index contributed by atoms with van der Waals surface area (Å²) in [4.78, 5) is 10.3. The minimum absolute atomic E-state index is 0.775. The minimum Gasteiger partial charge on any atom is -0.386 e. The van der Waals surface area contributed by atoms with Crippen LogP contribution in [0, 0.1) is 0 Å². The van der Waals surface area contributed by atoms with Crippen LogP contribution in [0.3, 0.4) is 0 Å². The largest absolute Gasteiger partial charge is 0.386 e. The number of benzene rings is 1. The van der Waals surface area contributed by atoms with Crippen molar-refractivity contribution in [2.75, 3.05) is 7.05 Å². The summed E-state index contributed by atoms with van der Waals surface area (Å²) in [7, 11) is 1.74. The van der Waals surface area contributed by atoms with E-state index in [4.69, 9.17) is 11.6 Å². The van der Waals surface area contributed by atoms with Crippen molar-refractivity contribution < 1.29 is 5.11 Å². The second kappa shape index (κ2) is 12.3. The highest BCUT2D eigenvalue weighted by Crippen LogP contribution is 2.35. The van der Waals surface area contributed by atoms with Gasteiger partial charge < -0.3 is 5.11 Å². The number of pyridine rings is 2. The Labute approximate surface area is 205 Å². The van der Waals surface area contributed by atoms with Gasteiger partial charge in [0.2, 0.25) is 0 Å². The fraction of sp³-hybridized carbons (Fsp3) is 0.280. The van der Waals surface area contributed by atoms with Gasteiger partial charge in [-0.25, -0.2) is 0 Å². The fourth-order valence-corrected chi connectivity index (χ4v) is 4.43. The van der Waals surface area contributed by atoms with Crippen molar-refractivity contribution in [2.45, 2.75) is 39.7 Å². The van der Waals surface area contributed by atoms with Crippen molar-refractivity contribution >= 4 is 46.0 Å². The number of nitrogens with zero attached hydrogens (tertiary/aromatic N) is 2. The Morgan fingerprint density at radius 3 is 2.38 bits per heavy atom. The number of thiol groups is 1. The van der Waals surface area contributed by atoms with E-state index in [0.717, 1.165) is 44.0 Å². The summed E-state index contributed by atoms with van der Waals surface area (Å²) in [5.41, 5.74) is 3.86. The van der Waals surface area contributed by atoms with Gasteiger partial charge in [-0.3, -0.25) is 14.7 Å². The molecule has 3 aromatic heterocycles. The van der Waals surface area contributed by atoms with Crippen LogP contribution in [0.5, 0.6) is 0 Å². The topological polar surface area (TPSA) is 58.0 Å². The van der Waals surface area contributed by atoms with Gasteiger partial charge in [0.15, 0.2) is 0 Å². The molecule has 3 heterocycles. The van der Waals surface area contributed by atoms with Crippen LogP contribution >= 0.6 is 35.8 Å². The van der Waals surface area contributed by atoms with Crippen molar-refractivity contribution in [1.82, 2.24) is 14.7 Å². The number of aliphatic hydroxyl groups is 1. The molecular formula is C25H30ClN3OS2. The van der Waals surface area contributed by atoms with E-state index in [1.54, 1.807) is 38.4 Å². The van der Waals surface area contributed by atoms with Gasteiger partial charge in [0.05, 0.1) is 21.5 Å². The molecule has 1 aromatic carbocycles. The lowest BCUT2D eigenvalue weighted by Gasteiger charge is -2.18. The summed E-state index contributed by atoms with van der Waals surface area (Å²) in [5, 5.41) is 11.1. The molecule has 0 spiro atoms. The van der Waals surface area contributed by atoms with Gasteiger partial charge in [-0.15, -0.1) is 11.3 Å². The highest BCUT2D eigenvalue weighted by Gasteiger charge is 2.18. The predicted molar refractivity (Wildman–Crippen MR) is 142 cm³/mol. The molecule has 0 atom stereocenters. The first-order chi connectivity index (χ1) is 15.3. The molecule has 4 nitrogen and oxygen atoms in total. The molecule has 4 rings (SSSR count). The van der Waals surface area contributed by atoms with Gasteiger partial charge >= 0.3 is 0 Å². The van der Waals surface area contributed by atoms with Crippen LogP contribution in [-0.4, -0.2) is 22.1 Å². The zero-order valence-electron chi connectivity index (χ0n) is 19.1. The Bertz CT molecular complexity index is 1140. The van der Waals surface area contributed by atoms with Gasteiger partial charge in [-0.05, 0) is 62.4 Å². The standard InChI is InChI=1S/C22H19ClN2OS.C2H6.CH5NS/c1-22(2,26)15-7-9-24-19(12-15)17-8-10-25-20-13-16(27-21(17)20)11-14-5-3-4-6-18(14)23;1-2;1-2-3/h3-10,12-13,26H,11H2,1-2H3;1-2H3;2-3H,1H3. The van der Waals surface area contributed by atoms with Crippen LogP contribution in [0.1, 0.15) is 43.7 Å². The van der Waals surface area contributed by atoms with Crippen LogP contribution in [0.15, 0.2) is 60.9 Å². The van der Waals surface area contributed by atoms with E-state index < -0.39 is 5.60 Å². The third-order valence-corrected chi connectivity index (χ3v) is 6.05. The normalized spacial score (nSPS) is 10.8. The zero-order chi connectivity index (χ0) is 23.7. The Morgan fingerprint density at radius 2 is 1.72 bits per heavy atom. The summed E-state index contributed by atoms with van der Waals surface area (Å²) in [5.74, 6) is 0. The maximum atomic E-state index is 10.3. The molecule has 0 unspecified atom stereocenters. The Kier molecular flexibility index (Phi) is 10.1. The van der Waals surface area contributed by atoms with Crippen molar-refractivity contribution in [2.24, 2.45) is 0 Å². The number of nitrogens with one attached hydrogen (secondary N) is 1. The quantitative estimate of drug-likeness (QED) is 0.274. The molecule has 0 aliphatic rings. The Hall–Kier alpha value is -1.96. The average Bonchev–Trinajstić information content (AvgIpc) is 3.19. The predicted octanol–water partition coefficient (Wildman–Crippen LogP) is 6.91. The first-order valence-electron chi connectivity index (χ1n) is 10.4.